The first kappa shape index (κ1) is 17.3. The molecule has 0 saturated heterocycles. The van der Waals surface area contributed by atoms with Crippen LogP contribution in [-0.4, -0.2) is 23.7 Å². The smallest absolute Gasteiger partial charge is 0.407 e. The number of ether oxygens (including phenoxy) is 1. The first-order valence-corrected chi connectivity index (χ1v) is 10.5. The minimum atomic E-state index is -0.332. The van der Waals surface area contributed by atoms with Crippen LogP contribution >= 0.6 is 33.9 Å². The lowest BCUT2D eigenvalue weighted by atomic mass is 9.87. The molecule has 1 aromatic heterocycles. The van der Waals surface area contributed by atoms with Crippen LogP contribution in [0.1, 0.15) is 48.9 Å². The van der Waals surface area contributed by atoms with Gasteiger partial charge in [0.2, 0.25) is 0 Å². The van der Waals surface area contributed by atoms with E-state index in [-0.39, 0.29) is 11.6 Å². The zero-order valence-electron chi connectivity index (χ0n) is 14.4. The van der Waals surface area contributed by atoms with E-state index in [0.717, 1.165) is 35.1 Å². The number of carbonyl (C=O) groups is 1. The summed E-state index contributed by atoms with van der Waals surface area (Å²) >= 11 is 4.11. The van der Waals surface area contributed by atoms with Crippen molar-refractivity contribution in [2.45, 2.75) is 50.5 Å². The number of nitrogens with zero attached hydrogens (tertiary/aromatic N) is 1. The molecule has 2 aromatic rings. The molecule has 2 aliphatic rings. The molecule has 25 heavy (non-hydrogen) atoms. The molecular formula is C19H21IN2O2S. The third-order valence-corrected chi connectivity index (χ3v) is 7.30. The Morgan fingerprint density at radius 3 is 3.08 bits per heavy atom. The van der Waals surface area contributed by atoms with Gasteiger partial charge in [-0.2, -0.15) is 0 Å². The van der Waals surface area contributed by atoms with Crippen molar-refractivity contribution in [3.63, 3.8) is 0 Å². The molecule has 0 spiro atoms. The lowest BCUT2D eigenvalue weighted by Gasteiger charge is -2.25. The van der Waals surface area contributed by atoms with E-state index in [2.05, 4.69) is 58.0 Å². The molecule has 1 saturated carbocycles. The molecule has 0 bridgehead atoms. The number of hydrogen-bond acceptors (Lipinski definition) is 4. The Morgan fingerprint density at radius 1 is 1.44 bits per heavy atom. The van der Waals surface area contributed by atoms with Gasteiger partial charge in [-0.3, -0.25) is 0 Å². The standard InChI is InChI=1S/C19H21IN2O2S/c1-19(22-18(23)24-2)8-7-13(10-19)11-3-5-14-12(9-11)4-6-15-16(14)25-17(20)21-15/h3,5,9,13H,4,6-8,10H2,1-2H3,(H,22,23)/t13-,19+/m0/s1. The van der Waals surface area contributed by atoms with Gasteiger partial charge >= 0.3 is 6.09 Å². The Morgan fingerprint density at radius 2 is 2.28 bits per heavy atom. The summed E-state index contributed by atoms with van der Waals surface area (Å²) in [6.45, 7) is 2.12. The summed E-state index contributed by atoms with van der Waals surface area (Å²) < 4.78 is 5.90. The van der Waals surface area contributed by atoms with E-state index >= 15 is 0 Å². The number of aryl methyl sites for hydroxylation is 2. The molecule has 132 valence electrons. The molecule has 1 heterocycles. The maximum atomic E-state index is 11.6. The van der Waals surface area contributed by atoms with Crippen LogP contribution in [0.25, 0.3) is 10.4 Å². The summed E-state index contributed by atoms with van der Waals surface area (Å²) in [5.74, 6) is 0.496. The van der Waals surface area contributed by atoms with Crippen LogP contribution in [0, 0.1) is 3.01 Å². The van der Waals surface area contributed by atoms with Crippen LogP contribution in [0.4, 0.5) is 4.79 Å². The third kappa shape index (κ3) is 3.30. The van der Waals surface area contributed by atoms with Crippen molar-refractivity contribution in [1.82, 2.24) is 10.3 Å². The van der Waals surface area contributed by atoms with Crippen LogP contribution < -0.4 is 5.32 Å². The average molecular weight is 468 g/mol. The number of carbonyl (C=O) groups excluding carboxylic acids is 1. The number of aromatic nitrogens is 1. The quantitative estimate of drug-likeness (QED) is 0.639. The molecule has 4 nitrogen and oxygen atoms in total. The van der Waals surface area contributed by atoms with Crippen LogP contribution in [0.5, 0.6) is 0 Å². The van der Waals surface area contributed by atoms with Crippen molar-refractivity contribution in [1.29, 1.82) is 0 Å². The number of halogens is 1. The van der Waals surface area contributed by atoms with Gasteiger partial charge in [-0.15, -0.1) is 11.3 Å². The number of nitrogens with one attached hydrogen (secondary N) is 1. The highest BCUT2D eigenvalue weighted by molar-refractivity contribution is 14.1. The number of fused-ring (bicyclic) bond motifs is 3. The van der Waals surface area contributed by atoms with E-state index in [1.165, 1.54) is 34.4 Å². The molecule has 1 fully saturated rings. The first-order valence-electron chi connectivity index (χ1n) is 8.62. The number of rotatable bonds is 2. The Hall–Kier alpha value is -1.15. The predicted molar refractivity (Wildman–Crippen MR) is 108 cm³/mol. The SMILES string of the molecule is COC(=O)N[C@]1(C)CC[C@H](c2ccc3c(c2)CCc2nc(I)sc2-3)C1. The second kappa shape index (κ2) is 6.54. The molecule has 2 aliphatic carbocycles. The zero-order valence-corrected chi connectivity index (χ0v) is 17.4. The van der Waals surface area contributed by atoms with Crippen molar-refractivity contribution in [3.8, 4) is 10.4 Å². The lowest BCUT2D eigenvalue weighted by molar-refractivity contribution is 0.157. The van der Waals surface area contributed by atoms with Crippen LogP contribution in [0.3, 0.4) is 0 Å². The Kier molecular flexibility index (Phi) is 4.52. The van der Waals surface area contributed by atoms with Gasteiger partial charge in [0.05, 0.1) is 17.7 Å². The predicted octanol–water partition coefficient (Wildman–Crippen LogP) is 4.90. The summed E-state index contributed by atoms with van der Waals surface area (Å²) in [4.78, 5) is 17.6. The summed E-state index contributed by atoms with van der Waals surface area (Å²) in [5.41, 5.74) is 5.29. The van der Waals surface area contributed by atoms with E-state index in [4.69, 9.17) is 4.74 Å². The van der Waals surface area contributed by atoms with Gasteiger partial charge in [0.1, 0.15) is 0 Å². The fourth-order valence-corrected chi connectivity index (χ4v) is 6.04. The van der Waals surface area contributed by atoms with Gasteiger partial charge in [0.15, 0.2) is 3.01 Å². The highest BCUT2D eigenvalue weighted by Gasteiger charge is 2.37. The van der Waals surface area contributed by atoms with E-state index < -0.39 is 0 Å². The Bertz CT molecular complexity index is 835. The van der Waals surface area contributed by atoms with E-state index in [0.29, 0.717) is 5.92 Å². The van der Waals surface area contributed by atoms with Gasteiger partial charge in [-0.05, 0) is 84.2 Å². The third-order valence-electron chi connectivity index (χ3n) is 5.48. The van der Waals surface area contributed by atoms with Crippen molar-refractivity contribution in [3.05, 3.63) is 38.0 Å². The monoisotopic (exact) mass is 468 g/mol. The maximum Gasteiger partial charge on any atom is 0.407 e. The minimum Gasteiger partial charge on any atom is -0.453 e. The minimum absolute atomic E-state index is 0.172. The summed E-state index contributed by atoms with van der Waals surface area (Å²) in [5, 5.41) is 3.01. The van der Waals surface area contributed by atoms with Crippen LogP contribution in [0.2, 0.25) is 0 Å². The highest BCUT2D eigenvalue weighted by atomic mass is 127. The number of amides is 1. The number of thiazole rings is 1. The van der Waals surface area contributed by atoms with Gasteiger partial charge in [-0.25, -0.2) is 9.78 Å². The van der Waals surface area contributed by atoms with Crippen molar-refractivity contribution < 1.29 is 9.53 Å². The molecular weight excluding hydrogens is 447 g/mol. The molecule has 0 unspecified atom stereocenters. The van der Waals surface area contributed by atoms with Crippen LogP contribution in [0.15, 0.2) is 18.2 Å². The van der Waals surface area contributed by atoms with Crippen molar-refractivity contribution >= 4 is 40.0 Å². The molecule has 1 N–H and O–H groups in total. The maximum absolute atomic E-state index is 11.6. The Labute approximate surface area is 165 Å². The number of benzene rings is 1. The second-order valence-electron chi connectivity index (χ2n) is 7.28. The highest BCUT2D eigenvalue weighted by Crippen LogP contribution is 2.44. The van der Waals surface area contributed by atoms with Gasteiger partial charge in [-0.1, -0.05) is 18.2 Å². The zero-order chi connectivity index (χ0) is 17.6. The summed E-state index contributed by atoms with van der Waals surface area (Å²) in [6, 6.07) is 6.94. The first-order chi connectivity index (χ1) is 12.0. The number of hydrogen-bond donors (Lipinski definition) is 1. The summed E-state index contributed by atoms with van der Waals surface area (Å²) in [7, 11) is 1.42. The second-order valence-corrected chi connectivity index (χ2v) is 10.0. The average Bonchev–Trinajstić information content (AvgIpc) is 3.16. The fraction of sp³-hybridized carbons (Fsp3) is 0.474. The molecule has 4 rings (SSSR count). The molecule has 1 amide bonds. The number of alkyl carbamates (subject to hydrolysis) is 1. The van der Waals surface area contributed by atoms with Gasteiger partial charge < -0.3 is 10.1 Å². The topological polar surface area (TPSA) is 51.2 Å². The van der Waals surface area contributed by atoms with Gasteiger partial charge in [0, 0.05) is 5.54 Å². The number of methoxy groups -OCH3 is 1. The molecule has 0 aliphatic heterocycles. The fourth-order valence-electron chi connectivity index (χ4n) is 4.19. The van der Waals surface area contributed by atoms with E-state index in [9.17, 15) is 4.79 Å². The lowest BCUT2D eigenvalue weighted by Crippen LogP contribution is -2.43. The van der Waals surface area contributed by atoms with Crippen LogP contribution in [-0.2, 0) is 17.6 Å². The van der Waals surface area contributed by atoms with Gasteiger partial charge in [0.25, 0.3) is 0 Å². The molecule has 6 heteroatoms. The largest absolute Gasteiger partial charge is 0.453 e. The summed E-state index contributed by atoms with van der Waals surface area (Å²) in [6.07, 6.45) is 4.83. The molecule has 2 atom stereocenters. The Balaban J connectivity index is 1.57. The van der Waals surface area contributed by atoms with Crippen molar-refractivity contribution in [2.75, 3.05) is 7.11 Å². The van der Waals surface area contributed by atoms with E-state index in [1.807, 2.05) is 0 Å². The molecule has 1 aromatic carbocycles. The normalized spacial score (nSPS) is 24.5. The van der Waals surface area contributed by atoms with Crippen molar-refractivity contribution in [2.24, 2.45) is 0 Å². The molecule has 0 radical (unpaired) electrons. The van der Waals surface area contributed by atoms with E-state index in [1.54, 1.807) is 11.3 Å².